The highest BCUT2D eigenvalue weighted by atomic mass is 79.9. The largest absolute Gasteiger partial charge is 0.305 e. The first kappa shape index (κ1) is 14.5. The zero-order valence-electron chi connectivity index (χ0n) is 9.71. The highest BCUT2D eigenvalue weighted by Crippen LogP contribution is 2.32. The molecular formula is C13H12Br2ClNS. The van der Waals surface area contributed by atoms with Crippen LogP contribution in [0, 0.1) is 0 Å². The Morgan fingerprint density at radius 1 is 1.33 bits per heavy atom. The second-order valence-corrected chi connectivity index (χ2v) is 7.74. The molecule has 0 saturated heterocycles. The van der Waals surface area contributed by atoms with Crippen LogP contribution in [0.4, 0.5) is 0 Å². The fourth-order valence-electron chi connectivity index (χ4n) is 1.63. The van der Waals surface area contributed by atoms with Crippen molar-refractivity contribution in [3.8, 4) is 0 Å². The Kier molecular flexibility index (Phi) is 5.27. The van der Waals surface area contributed by atoms with Gasteiger partial charge >= 0.3 is 0 Å². The molecule has 0 radical (unpaired) electrons. The van der Waals surface area contributed by atoms with Gasteiger partial charge in [0.2, 0.25) is 0 Å². The SMILES string of the molecule is C[C@@H](NCc1cc(Br)c(Br)s1)c1cccc(Cl)c1. The van der Waals surface area contributed by atoms with E-state index >= 15 is 0 Å². The summed E-state index contributed by atoms with van der Waals surface area (Å²) in [6.45, 7) is 2.99. The normalized spacial score (nSPS) is 12.7. The molecule has 2 aromatic rings. The zero-order valence-corrected chi connectivity index (χ0v) is 14.5. The molecule has 0 bridgehead atoms. The van der Waals surface area contributed by atoms with Crippen LogP contribution in [0.3, 0.4) is 0 Å². The molecule has 2 rings (SSSR count). The van der Waals surface area contributed by atoms with Crippen LogP contribution in [0.5, 0.6) is 0 Å². The Bertz CT molecular complexity index is 522. The van der Waals surface area contributed by atoms with Gasteiger partial charge in [0.25, 0.3) is 0 Å². The van der Waals surface area contributed by atoms with E-state index < -0.39 is 0 Å². The zero-order chi connectivity index (χ0) is 13.1. The van der Waals surface area contributed by atoms with E-state index in [0.717, 1.165) is 19.8 Å². The lowest BCUT2D eigenvalue weighted by Gasteiger charge is -2.13. The molecule has 1 heterocycles. The molecule has 1 aromatic heterocycles. The van der Waals surface area contributed by atoms with Crippen LogP contribution in [-0.4, -0.2) is 0 Å². The number of thiophene rings is 1. The molecule has 1 nitrogen and oxygen atoms in total. The van der Waals surface area contributed by atoms with Crippen molar-refractivity contribution >= 4 is 54.8 Å². The van der Waals surface area contributed by atoms with Gasteiger partial charge in [-0.3, -0.25) is 0 Å². The molecule has 1 atom stereocenters. The van der Waals surface area contributed by atoms with E-state index in [1.54, 1.807) is 11.3 Å². The monoisotopic (exact) mass is 407 g/mol. The number of halogens is 3. The van der Waals surface area contributed by atoms with Crippen LogP contribution in [0.1, 0.15) is 23.4 Å². The summed E-state index contributed by atoms with van der Waals surface area (Å²) in [5.74, 6) is 0. The molecule has 0 fully saturated rings. The maximum absolute atomic E-state index is 5.99. The van der Waals surface area contributed by atoms with E-state index in [1.165, 1.54) is 10.4 Å². The van der Waals surface area contributed by atoms with Gasteiger partial charge in [-0.15, -0.1) is 11.3 Å². The Labute approximate surface area is 133 Å². The lowest BCUT2D eigenvalue weighted by Crippen LogP contribution is -2.17. The third kappa shape index (κ3) is 3.81. The highest BCUT2D eigenvalue weighted by Gasteiger charge is 2.08. The van der Waals surface area contributed by atoms with E-state index in [4.69, 9.17) is 11.6 Å². The van der Waals surface area contributed by atoms with Gasteiger partial charge in [-0.05, 0) is 62.5 Å². The number of hydrogen-bond donors (Lipinski definition) is 1. The summed E-state index contributed by atoms with van der Waals surface area (Å²) in [4.78, 5) is 1.29. The number of nitrogens with one attached hydrogen (secondary N) is 1. The quantitative estimate of drug-likeness (QED) is 0.675. The molecule has 0 aliphatic heterocycles. The van der Waals surface area contributed by atoms with E-state index in [-0.39, 0.29) is 6.04 Å². The molecule has 0 aliphatic rings. The molecule has 18 heavy (non-hydrogen) atoms. The predicted molar refractivity (Wildman–Crippen MR) is 86.4 cm³/mol. The highest BCUT2D eigenvalue weighted by molar-refractivity contribution is 9.13. The van der Waals surface area contributed by atoms with Crippen molar-refractivity contribution in [2.45, 2.75) is 19.5 Å². The third-order valence-electron chi connectivity index (χ3n) is 2.63. The van der Waals surface area contributed by atoms with Crippen molar-refractivity contribution in [3.05, 3.63) is 54.1 Å². The van der Waals surface area contributed by atoms with Crippen LogP contribution in [0.2, 0.25) is 5.02 Å². The average molecular weight is 410 g/mol. The van der Waals surface area contributed by atoms with Gasteiger partial charge in [0.05, 0.1) is 3.79 Å². The maximum atomic E-state index is 5.99. The second kappa shape index (κ2) is 6.53. The van der Waals surface area contributed by atoms with Gasteiger partial charge in [0.15, 0.2) is 0 Å². The van der Waals surface area contributed by atoms with E-state index in [9.17, 15) is 0 Å². The third-order valence-corrected chi connectivity index (χ3v) is 6.12. The molecule has 0 unspecified atom stereocenters. The summed E-state index contributed by atoms with van der Waals surface area (Å²) in [6, 6.07) is 10.4. The van der Waals surface area contributed by atoms with Gasteiger partial charge in [-0.2, -0.15) is 0 Å². The minimum absolute atomic E-state index is 0.281. The van der Waals surface area contributed by atoms with Gasteiger partial charge in [0.1, 0.15) is 0 Å². The molecule has 1 N–H and O–H groups in total. The standard InChI is InChI=1S/C13H12Br2ClNS/c1-8(9-3-2-4-10(16)5-9)17-7-11-6-12(14)13(15)18-11/h2-6,8,17H,7H2,1H3/t8-/m1/s1. The first-order valence-electron chi connectivity index (χ1n) is 5.49. The minimum Gasteiger partial charge on any atom is -0.305 e. The van der Waals surface area contributed by atoms with Gasteiger partial charge < -0.3 is 5.32 Å². The van der Waals surface area contributed by atoms with Crippen LogP contribution in [0.15, 0.2) is 38.6 Å². The van der Waals surface area contributed by atoms with Crippen molar-refractivity contribution in [1.82, 2.24) is 5.32 Å². The fourth-order valence-corrected chi connectivity index (χ4v) is 3.95. The fraction of sp³-hybridized carbons (Fsp3) is 0.231. The van der Waals surface area contributed by atoms with Crippen molar-refractivity contribution in [1.29, 1.82) is 0 Å². The van der Waals surface area contributed by atoms with Gasteiger partial charge in [-0.1, -0.05) is 23.7 Å². The summed E-state index contributed by atoms with van der Waals surface area (Å²) in [6.07, 6.45) is 0. The van der Waals surface area contributed by atoms with E-state index in [1.807, 2.05) is 18.2 Å². The Hall–Kier alpha value is 0.130. The Balaban J connectivity index is 1.98. The molecule has 0 spiro atoms. The summed E-state index contributed by atoms with van der Waals surface area (Å²) in [7, 11) is 0. The smallest absolute Gasteiger partial charge is 0.0843 e. The minimum atomic E-state index is 0.281. The van der Waals surface area contributed by atoms with Crippen LogP contribution < -0.4 is 5.32 Å². The summed E-state index contributed by atoms with van der Waals surface area (Å²) < 4.78 is 2.24. The molecule has 0 aliphatic carbocycles. The van der Waals surface area contributed by atoms with Crippen LogP contribution in [-0.2, 0) is 6.54 Å². The van der Waals surface area contributed by atoms with Crippen molar-refractivity contribution in [2.24, 2.45) is 0 Å². The predicted octanol–water partition coefficient (Wildman–Crippen LogP) is 5.78. The number of rotatable bonds is 4. The van der Waals surface area contributed by atoms with Crippen LogP contribution in [0.25, 0.3) is 0 Å². The lowest BCUT2D eigenvalue weighted by atomic mass is 10.1. The molecule has 0 amide bonds. The summed E-state index contributed by atoms with van der Waals surface area (Å²) in [5.41, 5.74) is 1.21. The van der Waals surface area contributed by atoms with Crippen LogP contribution >= 0.6 is 54.8 Å². The summed E-state index contributed by atoms with van der Waals surface area (Å²) in [5, 5.41) is 4.27. The summed E-state index contributed by atoms with van der Waals surface area (Å²) >= 11 is 14.7. The first-order chi connectivity index (χ1) is 8.56. The molecule has 1 aromatic carbocycles. The Morgan fingerprint density at radius 3 is 2.72 bits per heavy atom. The average Bonchev–Trinajstić information content (AvgIpc) is 2.66. The van der Waals surface area contributed by atoms with E-state index in [0.29, 0.717) is 0 Å². The number of benzene rings is 1. The topological polar surface area (TPSA) is 12.0 Å². The van der Waals surface area contributed by atoms with E-state index in [2.05, 4.69) is 56.2 Å². The van der Waals surface area contributed by atoms with Gasteiger partial charge in [-0.25, -0.2) is 0 Å². The second-order valence-electron chi connectivity index (χ2n) is 3.99. The van der Waals surface area contributed by atoms with Crippen molar-refractivity contribution in [3.63, 3.8) is 0 Å². The first-order valence-corrected chi connectivity index (χ1v) is 8.27. The van der Waals surface area contributed by atoms with Gasteiger partial charge in [0, 0.05) is 27.0 Å². The molecule has 5 heteroatoms. The lowest BCUT2D eigenvalue weighted by molar-refractivity contribution is 0.579. The molecule has 0 saturated carbocycles. The van der Waals surface area contributed by atoms with Crippen molar-refractivity contribution < 1.29 is 0 Å². The maximum Gasteiger partial charge on any atom is 0.0843 e. The molecular weight excluding hydrogens is 397 g/mol. The van der Waals surface area contributed by atoms with Crippen molar-refractivity contribution in [2.75, 3.05) is 0 Å². The Morgan fingerprint density at radius 2 is 2.11 bits per heavy atom. The number of hydrogen-bond acceptors (Lipinski definition) is 2. The molecule has 96 valence electrons.